The molecule has 2 heteroatoms. The van der Waals surface area contributed by atoms with Gasteiger partial charge in [-0.05, 0) is 39.7 Å². The second-order valence-corrected chi connectivity index (χ2v) is 3.67. The third kappa shape index (κ3) is 6.87. The largest absolute Gasteiger partial charge is 0.352 e. The third-order valence-corrected chi connectivity index (χ3v) is 1.98. The number of methoxy groups -OCH3 is 2. The standard InChI is InChI=1S/C12H22O2/c1-10(2)7-6-8-11(3)9-12(13-4)14-5/h7,9,12H,6,8H2,1-5H3/b11-9-. The van der Waals surface area contributed by atoms with E-state index in [1.165, 1.54) is 11.1 Å². The fourth-order valence-electron chi connectivity index (χ4n) is 1.14. The summed E-state index contributed by atoms with van der Waals surface area (Å²) in [5.74, 6) is 0. The fourth-order valence-corrected chi connectivity index (χ4v) is 1.14. The molecular weight excluding hydrogens is 176 g/mol. The van der Waals surface area contributed by atoms with Gasteiger partial charge in [0.25, 0.3) is 0 Å². The maximum absolute atomic E-state index is 5.08. The van der Waals surface area contributed by atoms with E-state index in [4.69, 9.17) is 9.47 Å². The Hall–Kier alpha value is -0.600. The van der Waals surface area contributed by atoms with Crippen LogP contribution in [0.4, 0.5) is 0 Å². The van der Waals surface area contributed by atoms with Gasteiger partial charge in [-0.1, -0.05) is 17.2 Å². The molecule has 0 aliphatic rings. The highest BCUT2D eigenvalue weighted by Crippen LogP contribution is 2.08. The highest BCUT2D eigenvalue weighted by molar-refractivity contribution is 5.03. The summed E-state index contributed by atoms with van der Waals surface area (Å²) in [6.45, 7) is 6.34. The van der Waals surface area contributed by atoms with Gasteiger partial charge >= 0.3 is 0 Å². The Bertz CT molecular complexity index is 196. The molecule has 0 saturated heterocycles. The lowest BCUT2D eigenvalue weighted by Gasteiger charge is -2.09. The Kier molecular flexibility index (Phi) is 7.44. The van der Waals surface area contributed by atoms with Crippen molar-refractivity contribution in [3.05, 3.63) is 23.3 Å². The van der Waals surface area contributed by atoms with Crippen LogP contribution in [-0.4, -0.2) is 20.5 Å². The van der Waals surface area contributed by atoms with Crippen molar-refractivity contribution in [3.63, 3.8) is 0 Å². The summed E-state index contributed by atoms with van der Waals surface area (Å²) >= 11 is 0. The van der Waals surface area contributed by atoms with Crippen LogP contribution in [0.1, 0.15) is 33.6 Å². The van der Waals surface area contributed by atoms with Gasteiger partial charge in [0, 0.05) is 14.2 Å². The minimum atomic E-state index is -0.207. The monoisotopic (exact) mass is 198 g/mol. The number of rotatable bonds is 6. The molecule has 0 aromatic heterocycles. The van der Waals surface area contributed by atoms with Crippen LogP contribution in [0.25, 0.3) is 0 Å². The van der Waals surface area contributed by atoms with Crippen molar-refractivity contribution in [1.82, 2.24) is 0 Å². The lowest BCUT2D eigenvalue weighted by molar-refractivity contribution is -0.0671. The molecule has 82 valence electrons. The second kappa shape index (κ2) is 7.77. The van der Waals surface area contributed by atoms with Crippen molar-refractivity contribution < 1.29 is 9.47 Å². The molecule has 0 aliphatic carbocycles. The van der Waals surface area contributed by atoms with E-state index in [0.717, 1.165) is 12.8 Å². The van der Waals surface area contributed by atoms with E-state index in [-0.39, 0.29) is 6.29 Å². The molecule has 0 heterocycles. The minimum absolute atomic E-state index is 0.207. The summed E-state index contributed by atoms with van der Waals surface area (Å²) in [6.07, 6.45) is 6.20. The van der Waals surface area contributed by atoms with E-state index in [1.807, 2.05) is 6.08 Å². The average Bonchev–Trinajstić information content (AvgIpc) is 2.13. The predicted octanol–water partition coefficient (Wildman–Crippen LogP) is 3.30. The average molecular weight is 198 g/mol. The van der Waals surface area contributed by atoms with Gasteiger partial charge in [-0.25, -0.2) is 0 Å². The highest BCUT2D eigenvalue weighted by atomic mass is 16.7. The van der Waals surface area contributed by atoms with Gasteiger partial charge in [-0.3, -0.25) is 0 Å². The molecular formula is C12H22O2. The van der Waals surface area contributed by atoms with Gasteiger partial charge in [-0.15, -0.1) is 0 Å². The summed E-state index contributed by atoms with van der Waals surface area (Å²) in [4.78, 5) is 0. The van der Waals surface area contributed by atoms with Crippen molar-refractivity contribution in [2.45, 2.75) is 39.9 Å². The first-order chi connectivity index (χ1) is 6.60. The van der Waals surface area contributed by atoms with Crippen LogP contribution in [0.2, 0.25) is 0 Å². The Morgan fingerprint density at radius 3 is 2.14 bits per heavy atom. The molecule has 14 heavy (non-hydrogen) atoms. The summed E-state index contributed by atoms with van der Waals surface area (Å²) in [7, 11) is 3.29. The second-order valence-electron chi connectivity index (χ2n) is 3.67. The molecule has 0 unspecified atom stereocenters. The highest BCUT2D eigenvalue weighted by Gasteiger charge is 2.00. The first kappa shape index (κ1) is 13.4. The minimum Gasteiger partial charge on any atom is -0.352 e. The summed E-state index contributed by atoms with van der Waals surface area (Å²) < 4.78 is 10.2. The van der Waals surface area contributed by atoms with E-state index in [1.54, 1.807) is 14.2 Å². The molecule has 0 aromatic carbocycles. The zero-order valence-electron chi connectivity index (χ0n) is 9.96. The Labute approximate surface area is 87.6 Å². The molecule has 0 N–H and O–H groups in total. The summed E-state index contributed by atoms with van der Waals surface area (Å²) in [5.41, 5.74) is 2.67. The number of hydrogen-bond donors (Lipinski definition) is 0. The normalized spacial score (nSPS) is 12.0. The van der Waals surface area contributed by atoms with Crippen LogP contribution in [0.3, 0.4) is 0 Å². The van der Waals surface area contributed by atoms with Crippen LogP contribution >= 0.6 is 0 Å². The molecule has 0 radical (unpaired) electrons. The molecule has 0 saturated carbocycles. The maximum Gasteiger partial charge on any atom is 0.176 e. The van der Waals surface area contributed by atoms with Crippen molar-refractivity contribution in [3.8, 4) is 0 Å². The Balaban J connectivity index is 3.93. The van der Waals surface area contributed by atoms with E-state index in [9.17, 15) is 0 Å². The van der Waals surface area contributed by atoms with Gasteiger partial charge in [0.2, 0.25) is 0 Å². The molecule has 0 fully saturated rings. The quantitative estimate of drug-likeness (QED) is 0.481. The molecule has 2 nitrogen and oxygen atoms in total. The first-order valence-corrected chi connectivity index (χ1v) is 4.96. The SMILES string of the molecule is COC(/C=C(/C)CCC=C(C)C)OC. The van der Waals surface area contributed by atoms with Crippen molar-refractivity contribution in [1.29, 1.82) is 0 Å². The van der Waals surface area contributed by atoms with E-state index in [0.29, 0.717) is 0 Å². The van der Waals surface area contributed by atoms with Crippen LogP contribution in [0, 0.1) is 0 Å². The number of ether oxygens (including phenoxy) is 2. The van der Waals surface area contributed by atoms with Crippen LogP contribution in [0.15, 0.2) is 23.3 Å². The summed E-state index contributed by atoms with van der Waals surface area (Å²) in [5, 5.41) is 0. The van der Waals surface area contributed by atoms with E-state index in [2.05, 4.69) is 26.8 Å². The lowest BCUT2D eigenvalue weighted by Crippen LogP contribution is -2.09. The van der Waals surface area contributed by atoms with Gasteiger partial charge in [-0.2, -0.15) is 0 Å². The van der Waals surface area contributed by atoms with E-state index < -0.39 is 0 Å². The Morgan fingerprint density at radius 1 is 1.14 bits per heavy atom. The number of hydrogen-bond acceptors (Lipinski definition) is 2. The van der Waals surface area contributed by atoms with Gasteiger partial charge < -0.3 is 9.47 Å². The lowest BCUT2D eigenvalue weighted by atomic mass is 10.1. The molecule has 0 rings (SSSR count). The topological polar surface area (TPSA) is 18.5 Å². The van der Waals surface area contributed by atoms with Crippen LogP contribution in [-0.2, 0) is 9.47 Å². The number of allylic oxidation sites excluding steroid dienone is 3. The van der Waals surface area contributed by atoms with Crippen molar-refractivity contribution in [2.24, 2.45) is 0 Å². The first-order valence-electron chi connectivity index (χ1n) is 4.96. The van der Waals surface area contributed by atoms with Gasteiger partial charge in [0.05, 0.1) is 0 Å². The molecule has 0 aromatic rings. The van der Waals surface area contributed by atoms with Crippen LogP contribution < -0.4 is 0 Å². The van der Waals surface area contributed by atoms with Crippen molar-refractivity contribution in [2.75, 3.05) is 14.2 Å². The third-order valence-electron chi connectivity index (χ3n) is 1.98. The molecule has 0 atom stereocenters. The van der Waals surface area contributed by atoms with E-state index >= 15 is 0 Å². The zero-order valence-corrected chi connectivity index (χ0v) is 9.96. The van der Waals surface area contributed by atoms with Crippen LogP contribution in [0.5, 0.6) is 0 Å². The van der Waals surface area contributed by atoms with Gasteiger partial charge in [0.15, 0.2) is 6.29 Å². The molecule has 0 spiro atoms. The van der Waals surface area contributed by atoms with Crippen molar-refractivity contribution >= 4 is 0 Å². The predicted molar refractivity (Wildman–Crippen MR) is 60.2 cm³/mol. The zero-order chi connectivity index (χ0) is 11.0. The smallest absolute Gasteiger partial charge is 0.176 e. The molecule has 0 bridgehead atoms. The fraction of sp³-hybridized carbons (Fsp3) is 0.667. The summed E-state index contributed by atoms with van der Waals surface area (Å²) in [6, 6.07) is 0. The maximum atomic E-state index is 5.08. The molecule has 0 amide bonds. The molecule has 0 aliphatic heterocycles. The Morgan fingerprint density at radius 2 is 1.71 bits per heavy atom. The van der Waals surface area contributed by atoms with Gasteiger partial charge in [0.1, 0.15) is 0 Å².